The smallest absolute Gasteiger partial charge is 0.251 e. The largest absolute Gasteiger partial charge is 0.380 e. The number of ether oxygens (including phenoxy) is 1. The van der Waals surface area contributed by atoms with Gasteiger partial charge < -0.3 is 14.6 Å². The van der Waals surface area contributed by atoms with Crippen molar-refractivity contribution in [1.29, 1.82) is 0 Å². The van der Waals surface area contributed by atoms with Crippen LogP contribution in [0.15, 0.2) is 48.5 Å². The minimum Gasteiger partial charge on any atom is -0.380 e. The zero-order valence-electron chi connectivity index (χ0n) is 17.7. The first-order valence-corrected chi connectivity index (χ1v) is 11.0. The second kappa shape index (κ2) is 8.72. The number of imidazole rings is 1. The van der Waals surface area contributed by atoms with Crippen LogP contribution >= 0.6 is 0 Å². The molecule has 166 valence electrons. The number of fused-ring (bicyclic) bond motifs is 1. The van der Waals surface area contributed by atoms with E-state index in [2.05, 4.69) is 16.0 Å². The number of hydrogen-bond acceptors (Lipinski definition) is 5. The Balaban J connectivity index is 1.31. The van der Waals surface area contributed by atoms with Gasteiger partial charge in [0, 0.05) is 30.7 Å². The number of aromatic nitrogens is 2. The van der Waals surface area contributed by atoms with Gasteiger partial charge in [-0.2, -0.15) is 0 Å². The van der Waals surface area contributed by atoms with Gasteiger partial charge in [0.05, 0.1) is 23.6 Å². The zero-order valence-corrected chi connectivity index (χ0v) is 17.7. The molecule has 8 heteroatoms. The van der Waals surface area contributed by atoms with Crippen molar-refractivity contribution in [2.24, 2.45) is 5.92 Å². The van der Waals surface area contributed by atoms with Crippen LogP contribution in [0.3, 0.4) is 0 Å². The molecular weight excluding hydrogens is 408 g/mol. The molecule has 1 aromatic heterocycles. The maximum atomic E-state index is 12.8. The topological polar surface area (TPSA) is 105 Å². The Morgan fingerprint density at radius 2 is 1.88 bits per heavy atom. The molecule has 1 saturated carbocycles. The molecule has 1 aliphatic carbocycles. The average molecular weight is 434 g/mol. The predicted octanol–water partition coefficient (Wildman–Crippen LogP) is 2.60. The number of hydroxylamine groups is 1. The molecule has 0 unspecified atom stereocenters. The van der Waals surface area contributed by atoms with Crippen LogP contribution in [0.2, 0.25) is 0 Å². The van der Waals surface area contributed by atoms with Crippen molar-refractivity contribution in [3.8, 4) is 0 Å². The summed E-state index contributed by atoms with van der Waals surface area (Å²) in [6, 6.07) is 15.3. The Morgan fingerprint density at radius 3 is 2.62 bits per heavy atom. The normalized spacial score (nSPS) is 20.8. The summed E-state index contributed by atoms with van der Waals surface area (Å²) >= 11 is 0. The highest BCUT2D eigenvalue weighted by molar-refractivity contribution is 5.95. The molecule has 1 saturated heterocycles. The van der Waals surface area contributed by atoms with E-state index in [1.54, 1.807) is 17.6 Å². The lowest BCUT2D eigenvalue weighted by molar-refractivity contribution is -0.138. The summed E-state index contributed by atoms with van der Waals surface area (Å²) < 4.78 is 7.60. The molecule has 0 radical (unpaired) electrons. The van der Waals surface area contributed by atoms with Crippen LogP contribution in [0.1, 0.15) is 46.9 Å². The van der Waals surface area contributed by atoms with Crippen LogP contribution in [-0.2, 0) is 16.1 Å². The Kier molecular flexibility index (Phi) is 5.63. The fourth-order valence-electron chi connectivity index (χ4n) is 4.36. The number of benzene rings is 2. The Labute approximate surface area is 185 Å². The predicted molar refractivity (Wildman–Crippen MR) is 117 cm³/mol. The second-order valence-corrected chi connectivity index (χ2v) is 8.54. The first-order chi connectivity index (χ1) is 15.6. The molecule has 0 bridgehead atoms. The number of carbonyl (C=O) groups is 2. The lowest BCUT2D eigenvalue weighted by Gasteiger charge is -2.30. The molecule has 2 aromatic carbocycles. The standard InChI is InChI=1S/C24H26N4O4/c29-23(26-19-11-12-32-14-18(19)24(30)27-31)17-7-5-15(6-8-17)13-28-21-4-2-1-3-20(21)25-22(28)16-9-10-16/h1-8,16,18-19,31H,9-14H2,(H,26,29)(H,27,30)/t18-,19+/m0/s1. The summed E-state index contributed by atoms with van der Waals surface area (Å²) in [6.45, 7) is 1.33. The average Bonchev–Trinajstić information content (AvgIpc) is 3.61. The highest BCUT2D eigenvalue weighted by Crippen LogP contribution is 2.40. The van der Waals surface area contributed by atoms with Crippen LogP contribution < -0.4 is 10.8 Å². The molecule has 5 rings (SSSR count). The third-order valence-electron chi connectivity index (χ3n) is 6.30. The van der Waals surface area contributed by atoms with Crippen LogP contribution in [0.4, 0.5) is 0 Å². The molecule has 2 heterocycles. The van der Waals surface area contributed by atoms with Crippen LogP contribution in [-0.4, -0.2) is 45.8 Å². The summed E-state index contributed by atoms with van der Waals surface area (Å²) in [7, 11) is 0. The Hall–Kier alpha value is -3.23. The summed E-state index contributed by atoms with van der Waals surface area (Å²) in [4.78, 5) is 29.5. The number of para-hydroxylation sites is 2. The molecule has 8 nitrogen and oxygen atoms in total. The number of amides is 2. The Morgan fingerprint density at radius 1 is 1.09 bits per heavy atom. The summed E-state index contributed by atoms with van der Waals surface area (Å²) in [5.74, 6) is 0.263. The molecule has 2 amide bonds. The molecule has 3 aromatic rings. The lowest BCUT2D eigenvalue weighted by Crippen LogP contribution is -2.51. The number of hydrogen-bond donors (Lipinski definition) is 3. The number of rotatable bonds is 6. The quantitative estimate of drug-likeness (QED) is 0.409. The third-order valence-corrected chi connectivity index (χ3v) is 6.30. The minimum atomic E-state index is -0.618. The fraction of sp³-hybridized carbons (Fsp3) is 0.375. The second-order valence-electron chi connectivity index (χ2n) is 8.54. The van der Waals surface area contributed by atoms with E-state index in [0.29, 0.717) is 31.1 Å². The molecule has 2 aliphatic rings. The monoisotopic (exact) mass is 434 g/mol. The fourth-order valence-corrected chi connectivity index (χ4v) is 4.36. The van der Waals surface area contributed by atoms with E-state index in [1.165, 1.54) is 12.8 Å². The maximum absolute atomic E-state index is 12.8. The molecular formula is C24H26N4O4. The molecule has 2 atom stereocenters. The van der Waals surface area contributed by atoms with Crippen molar-refractivity contribution in [2.45, 2.75) is 37.8 Å². The van der Waals surface area contributed by atoms with Crippen LogP contribution in [0, 0.1) is 5.92 Å². The molecule has 3 N–H and O–H groups in total. The third kappa shape index (κ3) is 4.11. The van der Waals surface area contributed by atoms with E-state index in [-0.39, 0.29) is 18.6 Å². The van der Waals surface area contributed by atoms with E-state index < -0.39 is 11.8 Å². The van der Waals surface area contributed by atoms with Crippen molar-refractivity contribution in [3.63, 3.8) is 0 Å². The minimum absolute atomic E-state index is 0.165. The highest BCUT2D eigenvalue weighted by atomic mass is 16.5. The van der Waals surface area contributed by atoms with Gasteiger partial charge in [0.25, 0.3) is 11.8 Å². The van der Waals surface area contributed by atoms with Gasteiger partial charge in [0.2, 0.25) is 0 Å². The van der Waals surface area contributed by atoms with Gasteiger partial charge in [0.1, 0.15) is 5.82 Å². The van der Waals surface area contributed by atoms with Crippen LogP contribution in [0.5, 0.6) is 0 Å². The van der Waals surface area contributed by atoms with Crippen LogP contribution in [0.25, 0.3) is 11.0 Å². The van der Waals surface area contributed by atoms with E-state index in [1.807, 2.05) is 30.3 Å². The molecule has 32 heavy (non-hydrogen) atoms. The first-order valence-electron chi connectivity index (χ1n) is 11.0. The van der Waals surface area contributed by atoms with Gasteiger partial charge in [0.15, 0.2) is 0 Å². The van der Waals surface area contributed by atoms with E-state index >= 15 is 0 Å². The van der Waals surface area contributed by atoms with Gasteiger partial charge in [-0.05, 0) is 49.1 Å². The number of nitrogens with one attached hydrogen (secondary N) is 2. The van der Waals surface area contributed by atoms with E-state index in [4.69, 9.17) is 14.9 Å². The Bertz CT molecular complexity index is 1140. The van der Waals surface area contributed by atoms with E-state index in [9.17, 15) is 9.59 Å². The van der Waals surface area contributed by atoms with Gasteiger partial charge >= 0.3 is 0 Å². The lowest BCUT2D eigenvalue weighted by atomic mass is 9.94. The van der Waals surface area contributed by atoms with Gasteiger partial charge in [-0.15, -0.1) is 0 Å². The molecule has 0 spiro atoms. The summed E-state index contributed by atoms with van der Waals surface area (Å²) in [5.41, 5.74) is 5.43. The van der Waals surface area contributed by atoms with Crippen molar-refractivity contribution >= 4 is 22.8 Å². The van der Waals surface area contributed by atoms with Gasteiger partial charge in [-0.3, -0.25) is 14.8 Å². The van der Waals surface area contributed by atoms with Crippen molar-refractivity contribution in [3.05, 3.63) is 65.5 Å². The highest BCUT2D eigenvalue weighted by Gasteiger charge is 2.33. The van der Waals surface area contributed by atoms with Gasteiger partial charge in [-0.1, -0.05) is 24.3 Å². The van der Waals surface area contributed by atoms with Gasteiger partial charge in [-0.25, -0.2) is 10.5 Å². The zero-order chi connectivity index (χ0) is 22.1. The maximum Gasteiger partial charge on any atom is 0.251 e. The van der Waals surface area contributed by atoms with E-state index in [0.717, 1.165) is 22.4 Å². The molecule has 2 fully saturated rings. The summed E-state index contributed by atoms with van der Waals surface area (Å²) in [6.07, 6.45) is 2.88. The van der Waals surface area contributed by atoms with Crippen molar-refractivity contribution in [2.75, 3.05) is 13.2 Å². The summed E-state index contributed by atoms with van der Waals surface area (Å²) in [5, 5.41) is 11.9. The number of carbonyl (C=O) groups excluding carboxylic acids is 2. The SMILES string of the molecule is O=C(N[C@@H]1CCOC[C@@H]1C(=O)NO)c1ccc(Cn2c(C3CC3)nc3ccccc32)cc1. The van der Waals surface area contributed by atoms with Crippen molar-refractivity contribution in [1.82, 2.24) is 20.3 Å². The number of nitrogens with zero attached hydrogens (tertiary/aromatic N) is 2. The first kappa shape index (κ1) is 20.7. The molecule has 1 aliphatic heterocycles. The van der Waals surface area contributed by atoms with Crippen molar-refractivity contribution < 1.29 is 19.5 Å².